The van der Waals surface area contributed by atoms with E-state index in [0.717, 1.165) is 5.56 Å². The SMILES string of the molecule is O=c1[nH]nc(Cc2ccc([N+](=O)[O-])cc2)o1. The van der Waals surface area contributed by atoms with Crippen molar-refractivity contribution in [2.45, 2.75) is 6.42 Å². The van der Waals surface area contributed by atoms with Gasteiger partial charge in [-0.15, -0.1) is 5.10 Å². The normalized spacial score (nSPS) is 10.2. The number of H-pyrrole nitrogens is 1. The summed E-state index contributed by atoms with van der Waals surface area (Å²) >= 11 is 0. The first kappa shape index (κ1) is 10.1. The largest absolute Gasteiger partial charge is 0.434 e. The Hall–Kier alpha value is -2.44. The average molecular weight is 221 g/mol. The molecule has 0 aliphatic heterocycles. The number of nitro groups is 1. The van der Waals surface area contributed by atoms with Crippen molar-refractivity contribution in [1.29, 1.82) is 0 Å². The number of nitrogens with one attached hydrogen (secondary N) is 1. The molecule has 0 saturated heterocycles. The summed E-state index contributed by atoms with van der Waals surface area (Å²) in [6.07, 6.45) is 0.316. The van der Waals surface area contributed by atoms with Crippen LogP contribution in [-0.2, 0) is 6.42 Å². The van der Waals surface area contributed by atoms with Gasteiger partial charge in [0.1, 0.15) is 0 Å². The van der Waals surface area contributed by atoms with Crippen LogP contribution in [0.25, 0.3) is 0 Å². The van der Waals surface area contributed by atoms with Gasteiger partial charge in [0.2, 0.25) is 5.89 Å². The summed E-state index contributed by atoms with van der Waals surface area (Å²) in [5.74, 6) is -0.365. The van der Waals surface area contributed by atoms with E-state index in [0.29, 0.717) is 6.42 Å². The van der Waals surface area contributed by atoms with Crippen molar-refractivity contribution in [3.05, 3.63) is 56.4 Å². The summed E-state index contributed by atoms with van der Waals surface area (Å²) in [6.45, 7) is 0. The van der Waals surface area contributed by atoms with Gasteiger partial charge in [0, 0.05) is 12.1 Å². The fourth-order valence-electron chi connectivity index (χ4n) is 1.25. The molecule has 2 rings (SSSR count). The van der Waals surface area contributed by atoms with E-state index < -0.39 is 10.7 Å². The third-order valence-electron chi connectivity index (χ3n) is 1.98. The minimum Gasteiger partial charge on any atom is -0.392 e. The van der Waals surface area contributed by atoms with E-state index in [1.165, 1.54) is 12.1 Å². The quantitative estimate of drug-likeness (QED) is 0.611. The number of rotatable bonds is 3. The van der Waals surface area contributed by atoms with Gasteiger partial charge in [-0.2, -0.15) is 0 Å². The Morgan fingerprint density at radius 3 is 2.56 bits per heavy atom. The molecule has 1 N–H and O–H groups in total. The van der Waals surface area contributed by atoms with Gasteiger partial charge in [-0.3, -0.25) is 10.1 Å². The van der Waals surface area contributed by atoms with E-state index in [9.17, 15) is 14.9 Å². The van der Waals surface area contributed by atoms with Gasteiger partial charge in [-0.05, 0) is 5.56 Å². The molecule has 0 unspecified atom stereocenters. The Morgan fingerprint density at radius 1 is 1.38 bits per heavy atom. The monoisotopic (exact) mass is 221 g/mol. The van der Waals surface area contributed by atoms with E-state index >= 15 is 0 Å². The number of benzene rings is 1. The van der Waals surface area contributed by atoms with Crippen molar-refractivity contribution in [2.75, 3.05) is 0 Å². The molecule has 0 saturated carbocycles. The van der Waals surface area contributed by atoms with Crippen molar-refractivity contribution in [1.82, 2.24) is 10.2 Å². The van der Waals surface area contributed by atoms with Gasteiger partial charge in [0.15, 0.2) is 0 Å². The van der Waals surface area contributed by atoms with E-state index in [2.05, 4.69) is 10.2 Å². The number of aromatic nitrogens is 2. The van der Waals surface area contributed by atoms with E-state index in [1.807, 2.05) is 0 Å². The molecule has 7 nitrogen and oxygen atoms in total. The minimum atomic E-state index is -0.614. The highest BCUT2D eigenvalue weighted by atomic mass is 16.6. The van der Waals surface area contributed by atoms with Crippen LogP contribution in [0, 0.1) is 10.1 Å². The lowest BCUT2D eigenvalue weighted by molar-refractivity contribution is -0.384. The molecule has 0 spiro atoms. The summed E-state index contributed by atoms with van der Waals surface area (Å²) < 4.78 is 4.71. The molecule has 0 aliphatic rings. The van der Waals surface area contributed by atoms with Crippen molar-refractivity contribution in [2.24, 2.45) is 0 Å². The highest BCUT2D eigenvalue weighted by molar-refractivity contribution is 5.33. The summed E-state index contributed by atoms with van der Waals surface area (Å²) in [6, 6.07) is 5.96. The van der Waals surface area contributed by atoms with Crippen LogP contribution in [0.1, 0.15) is 11.5 Å². The van der Waals surface area contributed by atoms with Crippen LogP contribution in [0.15, 0.2) is 33.5 Å². The van der Waals surface area contributed by atoms with Crippen molar-refractivity contribution in [3.8, 4) is 0 Å². The van der Waals surface area contributed by atoms with E-state index in [-0.39, 0.29) is 11.6 Å². The molecular formula is C9H7N3O4. The highest BCUT2D eigenvalue weighted by Gasteiger charge is 2.06. The van der Waals surface area contributed by atoms with Crippen molar-refractivity contribution >= 4 is 5.69 Å². The van der Waals surface area contributed by atoms with Crippen molar-refractivity contribution < 1.29 is 9.34 Å². The third-order valence-corrected chi connectivity index (χ3v) is 1.98. The number of hydrogen-bond acceptors (Lipinski definition) is 5. The topological polar surface area (TPSA) is 102 Å². The lowest BCUT2D eigenvalue weighted by Crippen LogP contribution is -1.94. The molecule has 1 heterocycles. The maximum Gasteiger partial charge on any atom is 0.434 e. The van der Waals surface area contributed by atoms with Crippen LogP contribution in [0.2, 0.25) is 0 Å². The number of non-ortho nitro benzene ring substituents is 1. The van der Waals surface area contributed by atoms with Crippen LogP contribution in [0.5, 0.6) is 0 Å². The van der Waals surface area contributed by atoms with Crippen LogP contribution < -0.4 is 5.76 Å². The molecule has 1 aromatic carbocycles. The predicted molar refractivity (Wildman–Crippen MR) is 53.0 cm³/mol. The minimum absolute atomic E-state index is 0.0206. The Balaban J connectivity index is 2.17. The van der Waals surface area contributed by atoms with Gasteiger partial charge in [-0.25, -0.2) is 9.89 Å². The maximum atomic E-state index is 10.6. The number of hydrogen-bond donors (Lipinski definition) is 1. The lowest BCUT2D eigenvalue weighted by atomic mass is 10.1. The molecule has 0 fully saturated rings. The Labute approximate surface area is 88.9 Å². The molecule has 16 heavy (non-hydrogen) atoms. The first-order valence-electron chi connectivity index (χ1n) is 4.43. The van der Waals surface area contributed by atoms with Gasteiger partial charge >= 0.3 is 5.76 Å². The molecule has 0 atom stereocenters. The smallest absolute Gasteiger partial charge is 0.392 e. The average Bonchev–Trinajstić information content (AvgIpc) is 2.65. The molecular weight excluding hydrogens is 214 g/mol. The lowest BCUT2D eigenvalue weighted by Gasteiger charge is -1.95. The summed E-state index contributed by atoms with van der Waals surface area (Å²) in [7, 11) is 0. The van der Waals surface area contributed by atoms with Crippen LogP contribution >= 0.6 is 0 Å². The molecule has 2 aromatic rings. The molecule has 7 heteroatoms. The van der Waals surface area contributed by atoms with Gasteiger partial charge in [-0.1, -0.05) is 12.1 Å². The zero-order chi connectivity index (χ0) is 11.5. The first-order chi connectivity index (χ1) is 7.65. The van der Waals surface area contributed by atoms with Gasteiger partial charge < -0.3 is 4.42 Å². The van der Waals surface area contributed by atoms with Crippen molar-refractivity contribution in [3.63, 3.8) is 0 Å². The summed E-state index contributed by atoms with van der Waals surface area (Å²) in [4.78, 5) is 20.6. The van der Waals surface area contributed by atoms with E-state index in [1.54, 1.807) is 12.1 Å². The molecule has 0 radical (unpaired) electrons. The molecule has 1 aromatic heterocycles. The Bertz CT molecular complexity index is 555. The van der Waals surface area contributed by atoms with Gasteiger partial charge in [0.05, 0.1) is 11.3 Å². The predicted octanol–water partition coefficient (Wildman–Crippen LogP) is 0.862. The fraction of sp³-hybridized carbons (Fsp3) is 0.111. The zero-order valence-electron chi connectivity index (χ0n) is 8.04. The second kappa shape index (κ2) is 3.97. The Morgan fingerprint density at radius 2 is 2.06 bits per heavy atom. The highest BCUT2D eigenvalue weighted by Crippen LogP contribution is 2.13. The molecule has 0 aliphatic carbocycles. The number of aromatic amines is 1. The van der Waals surface area contributed by atoms with E-state index in [4.69, 9.17) is 4.42 Å². The van der Waals surface area contributed by atoms with Gasteiger partial charge in [0.25, 0.3) is 5.69 Å². The number of nitro benzene ring substituents is 1. The first-order valence-corrected chi connectivity index (χ1v) is 4.43. The van der Waals surface area contributed by atoms with Crippen LogP contribution in [0.4, 0.5) is 5.69 Å². The summed E-state index contributed by atoms with van der Waals surface area (Å²) in [5, 5.41) is 16.2. The fourth-order valence-corrected chi connectivity index (χ4v) is 1.25. The maximum absolute atomic E-state index is 10.6. The zero-order valence-corrected chi connectivity index (χ0v) is 8.04. The third kappa shape index (κ3) is 2.14. The number of nitrogens with zero attached hydrogens (tertiary/aromatic N) is 2. The van der Waals surface area contributed by atoms with Crippen LogP contribution in [-0.4, -0.2) is 15.1 Å². The second-order valence-electron chi connectivity index (χ2n) is 3.11. The molecule has 82 valence electrons. The molecule has 0 bridgehead atoms. The second-order valence-corrected chi connectivity index (χ2v) is 3.11. The Kier molecular flexibility index (Phi) is 2.50. The molecule has 0 amide bonds. The summed E-state index contributed by atoms with van der Waals surface area (Å²) in [5.41, 5.74) is 0.799. The van der Waals surface area contributed by atoms with Crippen LogP contribution in [0.3, 0.4) is 0 Å². The standard InChI is InChI=1S/C9H7N3O4/c13-9-11-10-8(16-9)5-6-1-3-7(4-2-6)12(14)15/h1-4H,5H2,(H,11,13).